The topological polar surface area (TPSA) is 27.7 Å². The number of rotatable bonds is 10. The van der Waals surface area contributed by atoms with Crippen LogP contribution in [0.2, 0.25) is 26.2 Å². The monoisotopic (exact) mass is 530 g/mol. The van der Waals surface area contributed by atoms with Crippen molar-refractivity contribution in [1.29, 1.82) is 0 Å². The first kappa shape index (κ1) is 25.7. The summed E-state index contributed by atoms with van der Waals surface area (Å²) in [5, 5.41) is 4.46. The molecule has 0 saturated heterocycles. The van der Waals surface area contributed by atoms with Gasteiger partial charge in [0.05, 0.1) is 0 Å². The second kappa shape index (κ2) is 11.6. The van der Waals surface area contributed by atoms with Gasteiger partial charge in [-0.15, -0.1) is 0 Å². The Morgan fingerprint density at radius 3 is 0.829 bits per heavy atom. The van der Waals surface area contributed by atoms with E-state index >= 15 is 0 Å². The third kappa shape index (κ3) is 5.73. The molecule has 0 heterocycles. The van der Waals surface area contributed by atoms with Crippen LogP contribution < -0.4 is 20.7 Å². The van der Waals surface area contributed by atoms with Crippen LogP contribution in [0.4, 0.5) is 0 Å². The lowest BCUT2D eigenvalue weighted by molar-refractivity contribution is 0.365. The van der Waals surface area contributed by atoms with Crippen molar-refractivity contribution in [1.82, 2.24) is 0 Å². The van der Waals surface area contributed by atoms with Crippen LogP contribution in [0.5, 0.6) is 0 Å². The molecule has 4 aromatic carbocycles. The number of benzene rings is 4. The highest BCUT2D eigenvalue weighted by atomic mass is 28.5. The van der Waals surface area contributed by atoms with Crippen LogP contribution >= 0.6 is 0 Å². The molecule has 4 aromatic rings. The molecule has 0 atom stereocenters. The molecule has 0 aliphatic heterocycles. The van der Waals surface area contributed by atoms with Crippen LogP contribution in [-0.2, 0) is 12.3 Å². The highest BCUT2D eigenvalue weighted by Crippen LogP contribution is 2.21. The van der Waals surface area contributed by atoms with E-state index in [1.54, 1.807) is 0 Å². The van der Waals surface area contributed by atoms with Crippen molar-refractivity contribution in [3.8, 4) is 0 Å². The minimum Gasteiger partial charge on any atom is -0.433 e. The van der Waals surface area contributed by atoms with E-state index in [0.29, 0.717) is 0 Å². The SMILES string of the molecule is C[SiH](C)O[Si](O[Si](O[SiH](C)C)(c1ccccc1)c1ccccc1)(c1ccccc1)c1ccccc1. The fourth-order valence-corrected chi connectivity index (χ4v) is 19.8. The maximum Gasteiger partial charge on any atom is 0.388 e. The maximum absolute atomic E-state index is 7.69. The lowest BCUT2D eigenvalue weighted by Crippen LogP contribution is -2.76. The van der Waals surface area contributed by atoms with Crippen molar-refractivity contribution < 1.29 is 12.3 Å². The molecular weight excluding hydrogens is 497 g/mol. The molecule has 0 radical (unpaired) electrons. The maximum atomic E-state index is 7.69. The first-order chi connectivity index (χ1) is 17.0. The fraction of sp³-hybridized carbons (Fsp3) is 0.143. The second-order valence-corrected chi connectivity index (χ2v) is 20.8. The van der Waals surface area contributed by atoms with Gasteiger partial charge in [-0.3, -0.25) is 0 Å². The predicted molar refractivity (Wildman–Crippen MR) is 157 cm³/mol. The summed E-state index contributed by atoms with van der Waals surface area (Å²) in [4.78, 5) is 0. The summed E-state index contributed by atoms with van der Waals surface area (Å²) in [7, 11) is -9.38. The van der Waals surface area contributed by atoms with Crippen LogP contribution in [0.15, 0.2) is 121 Å². The van der Waals surface area contributed by atoms with Crippen LogP contribution in [0.3, 0.4) is 0 Å². The van der Waals surface area contributed by atoms with E-state index in [0.717, 1.165) is 20.7 Å². The van der Waals surface area contributed by atoms with Gasteiger partial charge in [0.1, 0.15) is 0 Å². The molecule has 0 bridgehead atoms. The van der Waals surface area contributed by atoms with Crippen molar-refractivity contribution in [3.05, 3.63) is 121 Å². The van der Waals surface area contributed by atoms with Crippen molar-refractivity contribution in [2.45, 2.75) is 26.2 Å². The van der Waals surface area contributed by atoms with E-state index in [1.165, 1.54) is 0 Å². The molecule has 0 saturated carbocycles. The zero-order chi connectivity index (χ0) is 24.7. The summed E-state index contributed by atoms with van der Waals surface area (Å²) in [5.41, 5.74) is 0. The van der Waals surface area contributed by atoms with Crippen molar-refractivity contribution in [2.75, 3.05) is 0 Å². The molecule has 35 heavy (non-hydrogen) atoms. The van der Waals surface area contributed by atoms with Crippen LogP contribution in [0.25, 0.3) is 0 Å². The fourth-order valence-electron chi connectivity index (χ4n) is 4.39. The van der Waals surface area contributed by atoms with Crippen LogP contribution in [0.1, 0.15) is 0 Å². The normalized spacial score (nSPS) is 12.3. The standard InChI is InChI=1S/C28H34O3Si4/c1-32(2)29-34(25-17-9-5-10-18-25,26-19-11-6-12-20-26)31-35(30-33(3)4,27-21-13-7-14-22-27)28-23-15-8-16-24-28/h5-24,32-33H,1-4H3. The largest absolute Gasteiger partial charge is 0.433 e. The average Bonchev–Trinajstić information content (AvgIpc) is 2.89. The van der Waals surface area contributed by atoms with E-state index in [2.05, 4.69) is 148 Å². The Bertz CT molecular complexity index is 1000. The van der Waals surface area contributed by atoms with E-state index in [9.17, 15) is 0 Å². The van der Waals surface area contributed by atoms with Crippen LogP contribution in [-0.4, -0.2) is 35.2 Å². The molecule has 0 aliphatic rings. The molecule has 0 N–H and O–H groups in total. The summed E-state index contributed by atoms with van der Waals surface area (Å²) >= 11 is 0. The summed E-state index contributed by atoms with van der Waals surface area (Å²) in [5.74, 6) is 0. The summed E-state index contributed by atoms with van der Waals surface area (Å²) in [6.45, 7) is 8.90. The molecule has 0 spiro atoms. The second-order valence-electron chi connectivity index (χ2n) is 9.13. The zero-order valence-electron chi connectivity index (χ0n) is 20.9. The lowest BCUT2D eigenvalue weighted by Gasteiger charge is -2.43. The minimum atomic E-state index is -3.16. The minimum absolute atomic E-state index is 1.12. The molecule has 4 rings (SSSR count). The Hall–Kier alpha value is -2.37. The molecule has 0 aromatic heterocycles. The lowest BCUT2D eigenvalue weighted by atomic mass is 10.4. The zero-order valence-corrected chi connectivity index (χ0v) is 25.2. The molecule has 0 unspecified atom stereocenters. The Morgan fingerprint density at radius 1 is 0.400 bits per heavy atom. The Kier molecular flexibility index (Phi) is 8.50. The number of hydrogen-bond acceptors (Lipinski definition) is 3. The van der Waals surface area contributed by atoms with Crippen molar-refractivity contribution in [2.24, 2.45) is 0 Å². The van der Waals surface area contributed by atoms with Gasteiger partial charge in [-0.1, -0.05) is 121 Å². The van der Waals surface area contributed by atoms with Crippen molar-refractivity contribution in [3.63, 3.8) is 0 Å². The third-order valence-corrected chi connectivity index (χ3v) is 18.8. The third-order valence-electron chi connectivity index (χ3n) is 5.71. The van der Waals surface area contributed by atoms with Gasteiger partial charge in [0.25, 0.3) is 0 Å². The number of hydrogen-bond donors (Lipinski definition) is 0. The van der Waals surface area contributed by atoms with Gasteiger partial charge in [-0.05, 0) is 46.9 Å². The van der Waals surface area contributed by atoms with Crippen LogP contribution in [0, 0.1) is 0 Å². The van der Waals surface area contributed by atoms with E-state index in [-0.39, 0.29) is 0 Å². The Labute approximate surface area is 215 Å². The van der Waals surface area contributed by atoms with Gasteiger partial charge >= 0.3 is 17.1 Å². The molecule has 180 valence electrons. The predicted octanol–water partition coefficient (Wildman–Crippen LogP) is 3.52. The first-order valence-corrected chi connectivity index (χ1v) is 21.4. The van der Waals surface area contributed by atoms with E-state index < -0.39 is 35.2 Å². The molecule has 3 nitrogen and oxygen atoms in total. The van der Waals surface area contributed by atoms with E-state index in [4.69, 9.17) is 12.3 Å². The van der Waals surface area contributed by atoms with Gasteiger partial charge in [0.15, 0.2) is 18.1 Å². The smallest absolute Gasteiger partial charge is 0.388 e. The first-order valence-electron chi connectivity index (χ1n) is 12.2. The highest BCUT2D eigenvalue weighted by molar-refractivity contribution is 7.07. The summed E-state index contributed by atoms with van der Waals surface area (Å²) < 4.78 is 21.9. The van der Waals surface area contributed by atoms with Gasteiger partial charge in [-0.2, -0.15) is 0 Å². The molecular formula is C28H34O3Si4. The Morgan fingerprint density at radius 2 is 0.629 bits per heavy atom. The van der Waals surface area contributed by atoms with Crippen molar-refractivity contribution >= 4 is 55.9 Å². The summed E-state index contributed by atoms with van der Waals surface area (Å²) in [6.07, 6.45) is 0. The molecule has 0 aliphatic carbocycles. The van der Waals surface area contributed by atoms with Gasteiger partial charge in [0.2, 0.25) is 0 Å². The quantitative estimate of drug-likeness (QED) is 0.294. The molecule has 0 fully saturated rings. The summed E-state index contributed by atoms with van der Waals surface area (Å²) in [6, 6.07) is 42.2. The van der Waals surface area contributed by atoms with Gasteiger partial charge in [0, 0.05) is 0 Å². The van der Waals surface area contributed by atoms with Gasteiger partial charge < -0.3 is 12.3 Å². The highest BCUT2D eigenvalue weighted by Gasteiger charge is 2.54. The van der Waals surface area contributed by atoms with E-state index in [1.807, 2.05) is 0 Å². The Balaban J connectivity index is 2.05. The molecule has 0 amide bonds. The average molecular weight is 531 g/mol. The molecule has 7 heteroatoms. The van der Waals surface area contributed by atoms with Gasteiger partial charge in [-0.25, -0.2) is 0 Å².